The summed E-state index contributed by atoms with van der Waals surface area (Å²) in [5, 5.41) is 5.05. The SMILES string of the molecule is CCc1ccc2[nH]c(=O)c(CN(Cc3ccc4c(c3)OCO4)C(=S)N[C@@H](C)c3ccccc3)cc2c1. The van der Waals surface area contributed by atoms with Crippen molar-refractivity contribution in [1.82, 2.24) is 15.2 Å². The largest absolute Gasteiger partial charge is 0.454 e. The molecular weight excluding hydrogens is 470 g/mol. The van der Waals surface area contributed by atoms with Gasteiger partial charge in [0.25, 0.3) is 5.56 Å². The van der Waals surface area contributed by atoms with Crippen LogP contribution in [-0.4, -0.2) is 21.8 Å². The van der Waals surface area contributed by atoms with Gasteiger partial charge in [-0.1, -0.05) is 49.4 Å². The van der Waals surface area contributed by atoms with Crippen molar-refractivity contribution in [3.05, 3.63) is 105 Å². The first kappa shape index (κ1) is 23.9. The van der Waals surface area contributed by atoms with Crippen LogP contribution in [0.2, 0.25) is 0 Å². The zero-order valence-electron chi connectivity index (χ0n) is 20.4. The van der Waals surface area contributed by atoms with Crippen molar-refractivity contribution in [2.75, 3.05) is 6.79 Å². The molecular formula is C29H29N3O3S. The average molecular weight is 500 g/mol. The molecule has 36 heavy (non-hydrogen) atoms. The number of aryl methyl sites for hydroxylation is 1. The van der Waals surface area contributed by atoms with Gasteiger partial charge in [-0.15, -0.1) is 0 Å². The third kappa shape index (κ3) is 5.21. The van der Waals surface area contributed by atoms with E-state index in [1.165, 1.54) is 5.56 Å². The second-order valence-electron chi connectivity index (χ2n) is 9.02. The van der Waals surface area contributed by atoms with Crippen molar-refractivity contribution in [3.63, 3.8) is 0 Å². The Morgan fingerprint density at radius 3 is 2.58 bits per heavy atom. The lowest BCUT2D eigenvalue weighted by Gasteiger charge is -2.28. The van der Waals surface area contributed by atoms with E-state index in [1.54, 1.807) is 0 Å². The van der Waals surface area contributed by atoms with Crippen molar-refractivity contribution in [1.29, 1.82) is 0 Å². The van der Waals surface area contributed by atoms with Crippen molar-refractivity contribution in [2.24, 2.45) is 0 Å². The lowest BCUT2D eigenvalue weighted by molar-refractivity contribution is 0.174. The van der Waals surface area contributed by atoms with Gasteiger partial charge in [-0.2, -0.15) is 0 Å². The average Bonchev–Trinajstić information content (AvgIpc) is 3.37. The summed E-state index contributed by atoms with van der Waals surface area (Å²) in [6.45, 7) is 5.30. The van der Waals surface area contributed by atoms with Crippen LogP contribution in [0.25, 0.3) is 10.9 Å². The number of H-pyrrole nitrogens is 1. The molecule has 5 rings (SSSR count). The number of rotatable bonds is 7. The van der Waals surface area contributed by atoms with Crippen LogP contribution in [0.1, 0.15) is 42.1 Å². The summed E-state index contributed by atoms with van der Waals surface area (Å²) in [4.78, 5) is 18.1. The number of nitrogens with one attached hydrogen (secondary N) is 2. The van der Waals surface area contributed by atoms with E-state index in [2.05, 4.69) is 42.3 Å². The lowest BCUT2D eigenvalue weighted by atomic mass is 10.1. The highest BCUT2D eigenvalue weighted by atomic mass is 32.1. The molecule has 0 saturated heterocycles. The van der Waals surface area contributed by atoms with Crippen molar-refractivity contribution >= 4 is 28.2 Å². The maximum Gasteiger partial charge on any atom is 0.253 e. The van der Waals surface area contributed by atoms with Gasteiger partial charge < -0.3 is 24.7 Å². The molecule has 0 aliphatic carbocycles. The van der Waals surface area contributed by atoms with Crippen molar-refractivity contribution in [3.8, 4) is 11.5 Å². The number of benzene rings is 3. The molecule has 0 fully saturated rings. The van der Waals surface area contributed by atoms with Crippen LogP contribution >= 0.6 is 12.2 Å². The Morgan fingerprint density at radius 1 is 1.00 bits per heavy atom. The maximum absolute atomic E-state index is 13.0. The van der Waals surface area contributed by atoms with E-state index >= 15 is 0 Å². The first-order valence-electron chi connectivity index (χ1n) is 12.1. The minimum atomic E-state index is -0.110. The number of aromatic nitrogens is 1. The number of ether oxygens (including phenoxy) is 2. The van der Waals surface area contributed by atoms with Crippen LogP contribution in [0.5, 0.6) is 11.5 Å². The summed E-state index contributed by atoms with van der Waals surface area (Å²) >= 11 is 5.87. The standard InChI is InChI=1S/C29H29N3O3S/c1-3-20-9-11-25-23(13-20)15-24(28(33)31-25)17-32(16-21-10-12-26-27(14-21)35-18-34-26)29(36)30-19(2)22-7-5-4-6-8-22/h4-15,19H,3,16-18H2,1-2H3,(H,30,36)(H,31,33)/t19-/m0/s1. The van der Waals surface area contributed by atoms with Gasteiger partial charge >= 0.3 is 0 Å². The molecule has 2 heterocycles. The molecule has 0 saturated carbocycles. The summed E-state index contributed by atoms with van der Waals surface area (Å²) in [6.07, 6.45) is 0.937. The van der Waals surface area contributed by atoms with E-state index in [0.29, 0.717) is 23.8 Å². The van der Waals surface area contributed by atoms with Crippen LogP contribution in [0.15, 0.2) is 77.6 Å². The van der Waals surface area contributed by atoms with Crippen molar-refractivity contribution in [2.45, 2.75) is 39.4 Å². The Bertz CT molecular complexity index is 1450. The summed E-state index contributed by atoms with van der Waals surface area (Å²) < 4.78 is 11.0. The van der Waals surface area contributed by atoms with Crippen molar-refractivity contribution < 1.29 is 9.47 Å². The summed E-state index contributed by atoms with van der Waals surface area (Å²) in [6, 6.07) is 24.2. The van der Waals surface area contributed by atoms with Gasteiger partial charge in [0, 0.05) is 17.6 Å². The Kier molecular flexibility index (Phi) is 6.91. The number of nitrogens with zero attached hydrogens (tertiary/aromatic N) is 1. The maximum atomic E-state index is 13.0. The topological polar surface area (TPSA) is 66.6 Å². The first-order valence-corrected chi connectivity index (χ1v) is 12.5. The predicted octanol–water partition coefficient (Wildman–Crippen LogP) is 5.46. The Hall–Kier alpha value is -3.84. The molecule has 0 spiro atoms. The molecule has 1 aliphatic rings. The third-order valence-electron chi connectivity index (χ3n) is 6.49. The van der Waals surface area contributed by atoms with E-state index in [4.69, 9.17) is 21.7 Å². The number of pyridine rings is 1. The summed E-state index contributed by atoms with van der Waals surface area (Å²) in [7, 11) is 0. The first-order chi connectivity index (χ1) is 17.5. The zero-order chi connectivity index (χ0) is 25.1. The van der Waals surface area contributed by atoms with Gasteiger partial charge in [0.15, 0.2) is 16.6 Å². The van der Waals surface area contributed by atoms with E-state index in [1.807, 2.05) is 59.5 Å². The van der Waals surface area contributed by atoms with Gasteiger partial charge in [-0.3, -0.25) is 4.79 Å². The van der Waals surface area contributed by atoms with Crippen LogP contribution < -0.4 is 20.3 Å². The van der Waals surface area contributed by atoms with Gasteiger partial charge in [-0.25, -0.2) is 0 Å². The number of hydrogen-bond acceptors (Lipinski definition) is 4. The fourth-order valence-corrected chi connectivity index (χ4v) is 4.71. The third-order valence-corrected chi connectivity index (χ3v) is 6.87. The molecule has 4 aromatic rings. The molecule has 0 bridgehead atoms. The van der Waals surface area contributed by atoms with E-state index < -0.39 is 0 Å². The van der Waals surface area contributed by atoms with Crippen LogP contribution in [0.4, 0.5) is 0 Å². The number of fused-ring (bicyclic) bond motifs is 2. The lowest BCUT2D eigenvalue weighted by Crippen LogP contribution is -2.41. The highest BCUT2D eigenvalue weighted by Crippen LogP contribution is 2.33. The zero-order valence-corrected chi connectivity index (χ0v) is 21.2. The predicted molar refractivity (Wildman–Crippen MR) is 146 cm³/mol. The van der Waals surface area contributed by atoms with E-state index in [9.17, 15) is 4.79 Å². The van der Waals surface area contributed by atoms with Gasteiger partial charge in [0.1, 0.15) is 0 Å². The highest BCUT2D eigenvalue weighted by Gasteiger charge is 2.19. The van der Waals surface area contributed by atoms with E-state index in [0.717, 1.165) is 39.9 Å². The Balaban J connectivity index is 1.44. The van der Waals surface area contributed by atoms with Gasteiger partial charge in [0.2, 0.25) is 6.79 Å². The molecule has 0 unspecified atom stereocenters. The smallest absolute Gasteiger partial charge is 0.253 e. The molecule has 3 aromatic carbocycles. The summed E-state index contributed by atoms with van der Waals surface area (Å²) in [5.41, 5.74) is 4.77. The Morgan fingerprint density at radius 2 is 1.78 bits per heavy atom. The fourth-order valence-electron chi connectivity index (χ4n) is 4.41. The minimum absolute atomic E-state index is 0.0138. The second-order valence-corrected chi connectivity index (χ2v) is 9.41. The monoisotopic (exact) mass is 499 g/mol. The number of aromatic amines is 1. The molecule has 1 atom stereocenters. The molecule has 0 radical (unpaired) electrons. The molecule has 1 aliphatic heterocycles. The molecule has 2 N–H and O–H groups in total. The quantitative estimate of drug-likeness (QED) is 0.329. The van der Waals surface area contributed by atoms with Crippen LogP contribution in [0.3, 0.4) is 0 Å². The number of hydrogen-bond donors (Lipinski definition) is 2. The highest BCUT2D eigenvalue weighted by molar-refractivity contribution is 7.80. The van der Waals surface area contributed by atoms with E-state index in [-0.39, 0.29) is 18.4 Å². The fraction of sp³-hybridized carbons (Fsp3) is 0.241. The Labute approximate surface area is 215 Å². The molecule has 6 nitrogen and oxygen atoms in total. The molecule has 184 valence electrons. The minimum Gasteiger partial charge on any atom is -0.454 e. The number of thiocarbonyl (C=S) groups is 1. The molecule has 7 heteroatoms. The van der Waals surface area contributed by atoms with Crippen LogP contribution in [-0.2, 0) is 19.5 Å². The molecule has 0 amide bonds. The normalized spacial score (nSPS) is 12.9. The van der Waals surface area contributed by atoms with Gasteiger partial charge in [-0.05, 0) is 78.0 Å². The second kappa shape index (κ2) is 10.4. The summed E-state index contributed by atoms with van der Waals surface area (Å²) in [5.74, 6) is 1.46. The molecule has 1 aromatic heterocycles. The van der Waals surface area contributed by atoms with Crippen LogP contribution in [0, 0.1) is 0 Å². The van der Waals surface area contributed by atoms with Gasteiger partial charge in [0.05, 0.1) is 12.6 Å².